The van der Waals surface area contributed by atoms with E-state index >= 15 is 0 Å². The SMILES string of the molecule is CNC(=O)N(CCCN)c1ccccc1F. The first kappa shape index (κ1) is 12.4. The van der Waals surface area contributed by atoms with Crippen LogP contribution in [0.15, 0.2) is 24.3 Å². The minimum Gasteiger partial charge on any atom is -0.341 e. The van der Waals surface area contributed by atoms with Gasteiger partial charge < -0.3 is 11.1 Å². The van der Waals surface area contributed by atoms with E-state index in [-0.39, 0.29) is 11.7 Å². The highest BCUT2D eigenvalue weighted by atomic mass is 19.1. The quantitative estimate of drug-likeness (QED) is 0.812. The van der Waals surface area contributed by atoms with Gasteiger partial charge in [0, 0.05) is 13.6 Å². The largest absolute Gasteiger partial charge is 0.341 e. The molecule has 0 aliphatic heterocycles. The van der Waals surface area contributed by atoms with Crippen molar-refractivity contribution >= 4 is 11.7 Å². The van der Waals surface area contributed by atoms with Crippen LogP contribution in [0.2, 0.25) is 0 Å². The molecular weight excluding hydrogens is 209 g/mol. The third-order valence-corrected chi connectivity index (χ3v) is 2.19. The number of nitrogens with zero attached hydrogens (tertiary/aromatic N) is 1. The van der Waals surface area contributed by atoms with Gasteiger partial charge in [0.25, 0.3) is 0 Å². The third-order valence-electron chi connectivity index (χ3n) is 2.19. The molecule has 0 aliphatic carbocycles. The Morgan fingerprint density at radius 3 is 2.75 bits per heavy atom. The van der Waals surface area contributed by atoms with Crippen molar-refractivity contribution in [2.45, 2.75) is 6.42 Å². The van der Waals surface area contributed by atoms with Gasteiger partial charge in [-0.15, -0.1) is 0 Å². The van der Waals surface area contributed by atoms with Crippen LogP contribution in [0.25, 0.3) is 0 Å². The second-order valence-electron chi connectivity index (χ2n) is 3.30. The summed E-state index contributed by atoms with van der Waals surface area (Å²) in [5, 5.41) is 2.48. The lowest BCUT2D eigenvalue weighted by molar-refractivity contribution is 0.248. The Bertz CT molecular complexity index is 357. The Hall–Kier alpha value is -1.62. The Balaban J connectivity index is 2.92. The van der Waals surface area contributed by atoms with E-state index in [9.17, 15) is 9.18 Å². The third kappa shape index (κ3) is 2.93. The molecule has 0 radical (unpaired) electrons. The van der Waals surface area contributed by atoms with Crippen LogP contribution in [-0.4, -0.2) is 26.2 Å². The molecule has 4 nitrogen and oxygen atoms in total. The van der Waals surface area contributed by atoms with Crippen molar-refractivity contribution in [1.82, 2.24) is 5.32 Å². The molecule has 0 heterocycles. The Morgan fingerprint density at radius 2 is 2.19 bits per heavy atom. The summed E-state index contributed by atoms with van der Waals surface area (Å²) in [5.41, 5.74) is 5.66. The summed E-state index contributed by atoms with van der Waals surface area (Å²) in [6, 6.07) is 5.84. The first-order valence-electron chi connectivity index (χ1n) is 5.14. The maximum atomic E-state index is 13.5. The van der Waals surface area contributed by atoms with E-state index in [0.717, 1.165) is 0 Å². The first-order chi connectivity index (χ1) is 7.70. The molecule has 0 saturated carbocycles. The number of urea groups is 1. The molecule has 88 valence electrons. The summed E-state index contributed by atoms with van der Waals surface area (Å²) in [4.78, 5) is 12.9. The van der Waals surface area contributed by atoms with Gasteiger partial charge in [0.15, 0.2) is 0 Å². The van der Waals surface area contributed by atoms with Gasteiger partial charge in [-0.3, -0.25) is 4.90 Å². The molecule has 0 bridgehead atoms. The lowest BCUT2D eigenvalue weighted by Crippen LogP contribution is -2.39. The van der Waals surface area contributed by atoms with Crippen LogP contribution in [0, 0.1) is 5.82 Å². The van der Waals surface area contributed by atoms with Gasteiger partial charge in [0.05, 0.1) is 5.69 Å². The zero-order valence-electron chi connectivity index (χ0n) is 9.24. The highest BCUT2D eigenvalue weighted by Crippen LogP contribution is 2.18. The second-order valence-corrected chi connectivity index (χ2v) is 3.30. The van der Waals surface area contributed by atoms with Gasteiger partial charge in [0.1, 0.15) is 5.82 Å². The fourth-order valence-corrected chi connectivity index (χ4v) is 1.39. The lowest BCUT2D eigenvalue weighted by atomic mass is 10.2. The van der Waals surface area contributed by atoms with E-state index in [2.05, 4.69) is 5.32 Å². The summed E-state index contributed by atoms with van der Waals surface area (Å²) in [6.45, 7) is 0.860. The molecule has 16 heavy (non-hydrogen) atoms. The van der Waals surface area contributed by atoms with Crippen LogP contribution >= 0.6 is 0 Å². The Kier molecular flexibility index (Phi) is 4.72. The van der Waals surface area contributed by atoms with Crippen molar-refractivity contribution in [3.8, 4) is 0 Å². The number of carbonyl (C=O) groups is 1. The molecule has 1 aromatic rings. The number of carbonyl (C=O) groups excluding carboxylic acids is 1. The molecule has 0 fully saturated rings. The minimum atomic E-state index is -0.414. The van der Waals surface area contributed by atoms with E-state index in [4.69, 9.17) is 5.73 Å². The first-order valence-corrected chi connectivity index (χ1v) is 5.14. The molecule has 2 amide bonds. The number of hydrogen-bond acceptors (Lipinski definition) is 2. The van der Waals surface area contributed by atoms with Gasteiger partial charge in [0.2, 0.25) is 0 Å². The van der Waals surface area contributed by atoms with Gasteiger partial charge in [-0.05, 0) is 25.1 Å². The fourth-order valence-electron chi connectivity index (χ4n) is 1.39. The van der Waals surface area contributed by atoms with Crippen molar-refractivity contribution in [3.63, 3.8) is 0 Å². The van der Waals surface area contributed by atoms with Crippen LogP contribution in [-0.2, 0) is 0 Å². The summed E-state index contributed by atoms with van der Waals surface area (Å²) in [5.74, 6) is -0.414. The number of nitrogens with two attached hydrogens (primary N) is 1. The summed E-state index contributed by atoms with van der Waals surface area (Å²) in [6.07, 6.45) is 0.627. The summed E-state index contributed by atoms with van der Waals surface area (Å²) >= 11 is 0. The highest BCUT2D eigenvalue weighted by Gasteiger charge is 2.16. The number of hydrogen-bond donors (Lipinski definition) is 2. The number of anilines is 1. The van der Waals surface area contributed by atoms with Crippen molar-refractivity contribution in [2.75, 3.05) is 25.0 Å². The highest BCUT2D eigenvalue weighted by molar-refractivity contribution is 5.91. The molecule has 0 aromatic heterocycles. The molecule has 0 atom stereocenters. The zero-order chi connectivity index (χ0) is 12.0. The Morgan fingerprint density at radius 1 is 1.50 bits per heavy atom. The number of para-hydroxylation sites is 1. The van der Waals surface area contributed by atoms with E-state index < -0.39 is 5.82 Å². The van der Waals surface area contributed by atoms with E-state index in [1.54, 1.807) is 18.2 Å². The lowest BCUT2D eigenvalue weighted by Gasteiger charge is -2.22. The van der Waals surface area contributed by atoms with Crippen LogP contribution in [0.1, 0.15) is 6.42 Å². The molecule has 3 N–H and O–H groups in total. The summed E-state index contributed by atoms with van der Waals surface area (Å²) < 4.78 is 13.5. The van der Waals surface area contributed by atoms with Gasteiger partial charge >= 0.3 is 6.03 Å². The zero-order valence-corrected chi connectivity index (χ0v) is 9.24. The number of rotatable bonds is 4. The second kappa shape index (κ2) is 6.07. The molecule has 0 unspecified atom stereocenters. The van der Waals surface area contributed by atoms with Crippen molar-refractivity contribution in [2.24, 2.45) is 5.73 Å². The molecule has 0 aliphatic rings. The van der Waals surface area contributed by atoms with Crippen molar-refractivity contribution in [3.05, 3.63) is 30.1 Å². The smallest absolute Gasteiger partial charge is 0.321 e. The molecule has 1 aromatic carbocycles. The molecule has 5 heteroatoms. The fraction of sp³-hybridized carbons (Fsp3) is 0.364. The maximum absolute atomic E-state index is 13.5. The predicted octanol–water partition coefficient (Wildman–Crippen LogP) is 1.32. The van der Waals surface area contributed by atoms with E-state index in [1.807, 2.05) is 0 Å². The number of nitrogens with one attached hydrogen (secondary N) is 1. The molecular formula is C11H16FN3O. The molecule has 1 rings (SSSR count). The standard InChI is InChI=1S/C11H16FN3O/c1-14-11(16)15(8-4-7-13)10-6-3-2-5-9(10)12/h2-3,5-6H,4,7-8,13H2,1H3,(H,14,16). The Labute approximate surface area is 94.2 Å². The molecule has 0 saturated heterocycles. The monoisotopic (exact) mass is 225 g/mol. The normalized spacial score (nSPS) is 9.94. The van der Waals surface area contributed by atoms with Crippen LogP contribution in [0.5, 0.6) is 0 Å². The van der Waals surface area contributed by atoms with Crippen LogP contribution in [0.3, 0.4) is 0 Å². The van der Waals surface area contributed by atoms with Crippen molar-refractivity contribution in [1.29, 1.82) is 0 Å². The van der Waals surface area contributed by atoms with Crippen LogP contribution in [0.4, 0.5) is 14.9 Å². The number of halogens is 1. The topological polar surface area (TPSA) is 58.4 Å². The molecule has 0 spiro atoms. The van der Waals surface area contributed by atoms with Gasteiger partial charge in [-0.2, -0.15) is 0 Å². The minimum absolute atomic E-state index is 0.273. The van der Waals surface area contributed by atoms with Crippen LogP contribution < -0.4 is 16.0 Å². The van der Waals surface area contributed by atoms with Gasteiger partial charge in [-0.1, -0.05) is 12.1 Å². The van der Waals surface area contributed by atoms with Crippen molar-refractivity contribution < 1.29 is 9.18 Å². The summed E-state index contributed by atoms with van der Waals surface area (Å²) in [7, 11) is 1.51. The maximum Gasteiger partial charge on any atom is 0.321 e. The van der Waals surface area contributed by atoms with E-state index in [1.165, 1.54) is 18.0 Å². The van der Waals surface area contributed by atoms with E-state index in [0.29, 0.717) is 19.5 Å². The number of benzene rings is 1. The average Bonchev–Trinajstić information content (AvgIpc) is 2.31. The number of amides is 2. The average molecular weight is 225 g/mol. The predicted molar refractivity (Wildman–Crippen MR) is 61.9 cm³/mol. The van der Waals surface area contributed by atoms with Gasteiger partial charge in [-0.25, -0.2) is 9.18 Å².